The first-order valence-corrected chi connectivity index (χ1v) is 22.8. The molecular weight excluding hydrogens is 950 g/mol. The lowest BCUT2D eigenvalue weighted by Crippen LogP contribution is -2.23. The molecule has 2 aliphatic rings. The quantitative estimate of drug-likeness (QED) is 0.111. The molecular formula is C46H38Cl2F2N16O4. The Morgan fingerprint density at radius 2 is 1.17 bits per heavy atom. The SMILES string of the molecule is O=C(NCc1ncn2ccc(Cl)c(F)c12)c1cn(Cc2cn3cc(C4CC4)cc(CO)c3n2)nn1.O=Cc1cc(C2CC2)cn2cc(Cn3cc(C(=O)NCc4ncn5ccc(Cl)c(F)c45)nn3)nc12. The number of halogens is 4. The van der Waals surface area contributed by atoms with Gasteiger partial charge in [0.2, 0.25) is 0 Å². The lowest BCUT2D eigenvalue weighted by atomic mass is 10.1. The van der Waals surface area contributed by atoms with Gasteiger partial charge in [-0.05, 0) is 72.9 Å². The Kier molecular flexibility index (Phi) is 11.6. The van der Waals surface area contributed by atoms with Crippen LogP contribution in [-0.2, 0) is 32.8 Å². The highest BCUT2D eigenvalue weighted by Crippen LogP contribution is 2.41. The standard InChI is InChI=1S/C23H20ClFN8O2.C23H18ClFN8O2/c2*24-17-3-4-31-12-27-18(21(31)20(17)25)6-26-23(35)19-10-33(30-29-19)9-16-8-32-7-14(13-1-2-13)5-15(11-34)22(32)28-16/h3-5,7-8,10,12-13,34H,1-2,6,9,11H2,(H,26,35);3-5,7-8,10-13H,1-2,6,9H2,(H,26,35). The van der Waals surface area contributed by atoms with Crippen LogP contribution in [0.15, 0.2) is 86.5 Å². The van der Waals surface area contributed by atoms with E-state index in [2.05, 4.69) is 57.4 Å². The molecule has 3 N–H and O–H groups in total. The number of aromatic nitrogens is 14. The molecule has 0 aromatic carbocycles. The summed E-state index contributed by atoms with van der Waals surface area (Å²) in [7, 11) is 0. The Morgan fingerprint density at radius 1 is 0.686 bits per heavy atom. The molecule has 12 rings (SSSR count). The molecule has 2 aliphatic carbocycles. The number of aliphatic hydroxyl groups is 1. The Morgan fingerprint density at radius 3 is 1.66 bits per heavy atom. The van der Waals surface area contributed by atoms with Gasteiger partial charge in [0.25, 0.3) is 11.8 Å². The molecule has 0 saturated heterocycles. The zero-order valence-electron chi connectivity index (χ0n) is 36.6. The molecule has 10 heterocycles. The molecule has 2 fully saturated rings. The lowest BCUT2D eigenvalue weighted by Gasteiger charge is -2.04. The zero-order valence-corrected chi connectivity index (χ0v) is 38.1. The molecule has 10 aromatic heterocycles. The number of aldehydes is 1. The van der Waals surface area contributed by atoms with Crippen molar-refractivity contribution in [2.45, 2.75) is 70.3 Å². The Labute approximate surface area is 403 Å². The van der Waals surface area contributed by atoms with E-state index in [-0.39, 0.29) is 58.7 Å². The van der Waals surface area contributed by atoms with Crippen molar-refractivity contribution in [2.24, 2.45) is 0 Å². The second-order valence-electron chi connectivity index (χ2n) is 17.1. The van der Waals surface area contributed by atoms with Crippen LogP contribution in [0.25, 0.3) is 22.3 Å². The van der Waals surface area contributed by atoms with E-state index in [0.717, 1.165) is 35.9 Å². The van der Waals surface area contributed by atoms with E-state index < -0.39 is 23.4 Å². The normalized spacial score (nSPS) is 13.6. The number of nitrogens with one attached hydrogen (secondary N) is 2. The van der Waals surface area contributed by atoms with Gasteiger partial charge in [-0.3, -0.25) is 14.4 Å². The molecule has 2 amide bonds. The van der Waals surface area contributed by atoms with Crippen LogP contribution in [0, 0.1) is 11.6 Å². The summed E-state index contributed by atoms with van der Waals surface area (Å²) in [5.74, 6) is -1.08. The van der Waals surface area contributed by atoms with Gasteiger partial charge < -0.3 is 33.3 Å². The third-order valence-electron chi connectivity index (χ3n) is 12.1. The van der Waals surface area contributed by atoms with E-state index in [9.17, 15) is 28.3 Å². The molecule has 0 spiro atoms. The summed E-state index contributed by atoms with van der Waals surface area (Å²) >= 11 is 11.7. The van der Waals surface area contributed by atoms with E-state index in [1.54, 1.807) is 12.4 Å². The number of nitrogens with zero attached hydrogens (tertiary/aromatic N) is 14. The molecule has 0 atom stereocenters. The molecule has 70 heavy (non-hydrogen) atoms. The molecule has 20 nitrogen and oxygen atoms in total. The number of carbonyl (C=O) groups excluding carboxylic acids is 3. The van der Waals surface area contributed by atoms with Gasteiger partial charge in [-0.15, -0.1) is 10.2 Å². The van der Waals surface area contributed by atoms with Gasteiger partial charge in [-0.2, -0.15) is 0 Å². The maximum atomic E-state index is 14.4. The minimum absolute atomic E-state index is 0.000838. The van der Waals surface area contributed by atoms with Gasteiger partial charge in [-0.1, -0.05) is 33.6 Å². The number of pyridine rings is 4. The third kappa shape index (κ3) is 8.82. The second-order valence-corrected chi connectivity index (χ2v) is 17.9. The fraction of sp³-hybridized carbons (Fsp3) is 0.239. The van der Waals surface area contributed by atoms with E-state index in [0.29, 0.717) is 52.3 Å². The summed E-state index contributed by atoms with van der Waals surface area (Å²) in [6.07, 6.45) is 22.3. The van der Waals surface area contributed by atoms with Crippen LogP contribution >= 0.6 is 23.2 Å². The van der Waals surface area contributed by atoms with Gasteiger partial charge in [0.1, 0.15) is 22.3 Å². The maximum Gasteiger partial charge on any atom is 0.273 e. The first kappa shape index (κ1) is 44.5. The average Bonchev–Trinajstić information content (AvgIpc) is 3.94. The van der Waals surface area contributed by atoms with Crippen molar-refractivity contribution in [1.82, 2.24) is 78.2 Å². The van der Waals surface area contributed by atoms with Gasteiger partial charge in [0, 0.05) is 42.7 Å². The minimum Gasteiger partial charge on any atom is -0.392 e. The number of fused-ring (bicyclic) bond motifs is 4. The largest absolute Gasteiger partial charge is 0.392 e. The van der Waals surface area contributed by atoms with Gasteiger partial charge in [0.15, 0.2) is 29.3 Å². The van der Waals surface area contributed by atoms with E-state index in [1.807, 2.05) is 39.5 Å². The predicted octanol–water partition coefficient (Wildman–Crippen LogP) is 5.75. The Hall–Kier alpha value is -7.95. The van der Waals surface area contributed by atoms with Crippen LogP contribution in [-0.4, -0.2) is 90.7 Å². The molecule has 10 aromatic rings. The third-order valence-corrected chi connectivity index (χ3v) is 12.7. The molecule has 2 saturated carbocycles. The number of rotatable bonds is 14. The Bertz CT molecular complexity index is 3680. The van der Waals surface area contributed by atoms with Crippen molar-refractivity contribution in [3.8, 4) is 0 Å². The van der Waals surface area contributed by atoms with Crippen molar-refractivity contribution in [2.75, 3.05) is 0 Å². The number of imidazole rings is 4. The summed E-state index contributed by atoms with van der Waals surface area (Å²) in [6, 6.07) is 6.79. The van der Waals surface area contributed by atoms with Gasteiger partial charge >= 0.3 is 0 Å². The van der Waals surface area contributed by atoms with Crippen LogP contribution < -0.4 is 10.6 Å². The van der Waals surface area contributed by atoms with Crippen molar-refractivity contribution in [3.63, 3.8) is 0 Å². The first-order chi connectivity index (χ1) is 34.0. The Balaban J connectivity index is 0.000000152. The van der Waals surface area contributed by atoms with Crippen molar-refractivity contribution < 1.29 is 28.3 Å². The monoisotopic (exact) mass is 986 g/mol. The van der Waals surface area contributed by atoms with E-state index in [4.69, 9.17) is 23.2 Å². The van der Waals surface area contributed by atoms with E-state index >= 15 is 0 Å². The van der Waals surface area contributed by atoms with Crippen LogP contribution in [0.5, 0.6) is 0 Å². The molecule has 0 unspecified atom stereocenters. The summed E-state index contributed by atoms with van der Waals surface area (Å²) in [4.78, 5) is 54.2. The molecule has 0 radical (unpaired) electrons. The van der Waals surface area contributed by atoms with Crippen molar-refractivity contribution in [3.05, 3.63) is 165 Å². The lowest BCUT2D eigenvalue weighted by molar-refractivity contribution is 0.0937. The molecule has 0 bridgehead atoms. The number of hydrogen-bond donors (Lipinski definition) is 3. The first-order valence-electron chi connectivity index (χ1n) is 22.0. The average molecular weight is 988 g/mol. The predicted molar refractivity (Wildman–Crippen MR) is 247 cm³/mol. The van der Waals surface area contributed by atoms with Crippen LogP contribution in [0.3, 0.4) is 0 Å². The zero-order chi connectivity index (χ0) is 48.2. The fourth-order valence-corrected chi connectivity index (χ4v) is 8.60. The second kappa shape index (κ2) is 18.2. The number of carbonyl (C=O) groups is 3. The molecule has 24 heteroatoms. The van der Waals surface area contributed by atoms with Crippen LogP contribution in [0.4, 0.5) is 8.78 Å². The minimum atomic E-state index is -0.601. The number of hydrogen-bond acceptors (Lipinski definition) is 12. The summed E-state index contributed by atoms with van der Waals surface area (Å²) < 4.78 is 38.6. The highest BCUT2D eigenvalue weighted by molar-refractivity contribution is 6.31. The number of aliphatic hydroxyl groups excluding tert-OH is 1. The molecule has 354 valence electrons. The maximum absolute atomic E-state index is 14.4. The van der Waals surface area contributed by atoms with Gasteiger partial charge in [0.05, 0.1) is 96.2 Å². The van der Waals surface area contributed by atoms with E-state index in [1.165, 1.54) is 73.8 Å². The van der Waals surface area contributed by atoms with Crippen molar-refractivity contribution >= 4 is 63.6 Å². The van der Waals surface area contributed by atoms with Crippen molar-refractivity contribution in [1.29, 1.82) is 0 Å². The highest BCUT2D eigenvalue weighted by Gasteiger charge is 2.27. The number of amides is 2. The molecule has 0 aliphatic heterocycles. The fourth-order valence-electron chi connectivity index (χ4n) is 8.31. The summed E-state index contributed by atoms with van der Waals surface area (Å²) in [6.45, 7) is 0.481. The highest BCUT2D eigenvalue weighted by atomic mass is 35.5. The smallest absolute Gasteiger partial charge is 0.273 e. The van der Waals surface area contributed by atoms with Crippen LogP contribution in [0.1, 0.15) is 108 Å². The topological polar surface area (TPSA) is 226 Å². The van der Waals surface area contributed by atoms with Gasteiger partial charge in [-0.25, -0.2) is 38.1 Å². The summed E-state index contributed by atoms with van der Waals surface area (Å²) in [5, 5.41) is 31.0. The van der Waals surface area contributed by atoms with Crippen LogP contribution in [0.2, 0.25) is 10.0 Å². The summed E-state index contributed by atoms with van der Waals surface area (Å²) in [5.41, 5.74) is 7.66.